The number of hydrogen-bond donors (Lipinski definition) is 1. The summed E-state index contributed by atoms with van der Waals surface area (Å²) in [5.41, 5.74) is -0.164. The second kappa shape index (κ2) is 7.61. The van der Waals surface area contributed by atoms with E-state index in [1.165, 1.54) is 12.1 Å². The van der Waals surface area contributed by atoms with Crippen LogP contribution in [0.3, 0.4) is 0 Å². The van der Waals surface area contributed by atoms with Crippen molar-refractivity contribution in [3.8, 4) is 16.9 Å². The molecule has 0 unspecified atom stereocenters. The number of phenolic OH excluding ortho intramolecular Hbond substituents is 1. The van der Waals surface area contributed by atoms with Crippen LogP contribution in [-0.4, -0.2) is 46.5 Å². The lowest BCUT2D eigenvalue weighted by molar-refractivity contribution is -0.126. The van der Waals surface area contributed by atoms with Gasteiger partial charge in [-0.15, -0.1) is 0 Å². The van der Waals surface area contributed by atoms with Crippen molar-refractivity contribution in [2.75, 3.05) is 31.1 Å². The predicted octanol–water partition coefficient (Wildman–Crippen LogP) is 4.44. The Kier molecular flexibility index (Phi) is 5.14. The van der Waals surface area contributed by atoms with E-state index in [0.29, 0.717) is 31.6 Å². The van der Waals surface area contributed by atoms with Crippen LogP contribution in [0.5, 0.6) is 5.75 Å². The fourth-order valence-electron chi connectivity index (χ4n) is 3.44. The maximum atomic E-state index is 15.3. The lowest BCUT2D eigenvalue weighted by atomic mass is 10.0. The van der Waals surface area contributed by atoms with Gasteiger partial charge in [0.2, 0.25) is 5.91 Å². The van der Waals surface area contributed by atoms with E-state index in [1.54, 1.807) is 11.0 Å². The highest BCUT2D eigenvalue weighted by molar-refractivity contribution is 7.11. The third kappa shape index (κ3) is 3.42. The van der Waals surface area contributed by atoms with Gasteiger partial charge in [0.05, 0.1) is 5.02 Å². The van der Waals surface area contributed by atoms with Crippen LogP contribution in [-0.2, 0) is 4.79 Å². The summed E-state index contributed by atoms with van der Waals surface area (Å²) in [5, 5.41) is 11.0. The number of amides is 1. The van der Waals surface area contributed by atoms with Gasteiger partial charge < -0.3 is 14.9 Å². The third-order valence-corrected chi connectivity index (χ3v) is 6.14. The monoisotopic (exact) mass is 435 g/mol. The van der Waals surface area contributed by atoms with E-state index in [4.69, 9.17) is 11.6 Å². The number of piperazine rings is 1. The normalized spacial score (nSPS) is 14.4. The van der Waals surface area contributed by atoms with Crippen molar-refractivity contribution in [3.05, 3.63) is 53.6 Å². The van der Waals surface area contributed by atoms with E-state index in [-0.39, 0.29) is 33.3 Å². The molecule has 3 aromatic rings. The molecule has 1 fully saturated rings. The molecule has 9 heteroatoms. The van der Waals surface area contributed by atoms with Crippen LogP contribution in [0.25, 0.3) is 22.0 Å². The maximum absolute atomic E-state index is 15.3. The van der Waals surface area contributed by atoms with Gasteiger partial charge in [0.1, 0.15) is 22.1 Å². The largest absolute Gasteiger partial charge is 0.508 e. The van der Waals surface area contributed by atoms with E-state index in [2.05, 4.69) is 11.0 Å². The third-order valence-electron chi connectivity index (χ3n) is 4.92. The summed E-state index contributed by atoms with van der Waals surface area (Å²) in [6.07, 6.45) is 1.29. The molecule has 29 heavy (non-hydrogen) atoms. The number of aromatic hydroxyl groups is 1. The Bertz CT molecular complexity index is 1130. The van der Waals surface area contributed by atoms with Gasteiger partial charge in [0, 0.05) is 42.7 Å². The quantitative estimate of drug-likeness (QED) is 0.618. The van der Waals surface area contributed by atoms with Gasteiger partial charge in [0.25, 0.3) is 0 Å². The molecule has 0 radical (unpaired) electrons. The van der Waals surface area contributed by atoms with Gasteiger partial charge in [-0.2, -0.15) is 4.37 Å². The number of fused-ring (bicyclic) bond motifs is 1. The highest BCUT2D eigenvalue weighted by atomic mass is 35.5. The molecule has 1 aliphatic heterocycles. The van der Waals surface area contributed by atoms with Crippen LogP contribution in [0.4, 0.5) is 13.8 Å². The van der Waals surface area contributed by atoms with Crippen molar-refractivity contribution >= 4 is 44.9 Å². The molecule has 1 amide bonds. The topological polar surface area (TPSA) is 56.7 Å². The molecule has 0 atom stereocenters. The minimum atomic E-state index is -0.736. The molecule has 5 nitrogen and oxygen atoms in total. The number of rotatable bonds is 3. The molecule has 0 spiro atoms. The summed E-state index contributed by atoms with van der Waals surface area (Å²) in [5.74, 6) is -1.74. The van der Waals surface area contributed by atoms with Gasteiger partial charge in [0.15, 0.2) is 5.82 Å². The Labute approximate surface area is 174 Å². The Hall–Kier alpha value is -2.71. The number of aromatic nitrogens is 1. The molecule has 0 bridgehead atoms. The number of halogens is 3. The number of carbonyl (C=O) groups excluding carboxylic acids is 1. The number of phenols is 1. The summed E-state index contributed by atoms with van der Waals surface area (Å²) in [6, 6.07) is 4.94. The predicted molar refractivity (Wildman–Crippen MR) is 111 cm³/mol. The molecule has 1 aromatic heterocycles. The molecule has 1 N–H and O–H groups in total. The molecular formula is C20H16ClF2N3O2S. The Balaban J connectivity index is 1.73. The zero-order chi connectivity index (χ0) is 20.7. The van der Waals surface area contributed by atoms with E-state index in [0.717, 1.165) is 28.7 Å². The van der Waals surface area contributed by atoms with E-state index in [9.17, 15) is 14.3 Å². The van der Waals surface area contributed by atoms with Gasteiger partial charge >= 0.3 is 0 Å². The van der Waals surface area contributed by atoms with Gasteiger partial charge in [-0.05, 0) is 41.9 Å². The molecule has 4 rings (SSSR count). The number of benzene rings is 2. The fourth-order valence-corrected chi connectivity index (χ4v) is 4.64. The second-order valence-corrected chi connectivity index (χ2v) is 7.77. The molecule has 2 aromatic carbocycles. The van der Waals surface area contributed by atoms with Crippen molar-refractivity contribution in [2.24, 2.45) is 0 Å². The highest BCUT2D eigenvalue weighted by Gasteiger charge is 2.26. The van der Waals surface area contributed by atoms with Crippen LogP contribution in [0.15, 0.2) is 36.9 Å². The fraction of sp³-hybridized carbons (Fsp3) is 0.200. The van der Waals surface area contributed by atoms with Crippen LogP contribution >= 0.6 is 23.1 Å². The SMILES string of the molecule is C=CC(=O)N1CCN(c2snc3c(F)c(-c4cc(O)ccc4F)c(Cl)cc23)CC1. The number of anilines is 1. The summed E-state index contributed by atoms with van der Waals surface area (Å²) in [7, 11) is 0. The van der Waals surface area contributed by atoms with E-state index in [1.807, 2.05) is 4.90 Å². The van der Waals surface area contributed by atoms with Gasteiger partial charge in [-0.3, -0.25) is 4.79 Å². The molecule has 2 heterocycles. The average Bonchev–Trinajstić information content (AvgIpc) is 3.14. The minimum Gasteiger partial charge on any atom is -0.508 e. The van der Waals surface area contributed by atoms with Crippen molar-refractivity contribution in [3.63, 3.8) is 0 Å². The second-order valence-electron chi connectivity index (χ2n) is 6.61. The smallest absolute Gasteiger partial charge is 0.246 e. The molecule has 150 valence electrons. The van der Waals surface area contributed by atoms with E-state index >= 15 is 4.39 Å². The van der Waals surface area contributed by atoms with E-state index < -0.39 is 11.6 Å². The van der Waals surface area contributed by atoms with Gasteiger partial charge in [-0.1, -0.05) is 18.2 Å². The number of hydrogen-bond acceptors (Lipinski definition) is 5. The number of carbonyl (C=O) groups is 1. The first-order valence-corrected chi connectivity index (χ1v) is 9.98. The molecule has 1 aliphatic rings. The first-order chi connectivity index (χ1) is 13.9. The standard InChI is InChI=1S/C20H16ClF2N3O2S/c1-2-16(28)25-5-7-26(8-6-25)20-13-10-14(21)17(18(23)19(13)24-29-20)12-9-11(27)3-4-15(12)22/h2-4,9-10,27H,1,5-8H2. The van der Waals surface area contributed by atoms with Crippen molar-refractivity contribution in [1.82, 2.24) is 9.27 Å². The molecule has 0 saturated carbocycles. The van der Waals surface area contributed by atoms with Crippen molar-refractivity contribution in [1.29, 1.82) is 0 Å². The van der Waals surface area contributed by atoms with Crippen molar-refractivity contribution in [2.45, 2.75) is 0 Å². The molecular weight excluding hydrogens is 420 g/mol. The lowest BCUT2D eigenvalue weighted by Crippen LogP contribution is -2.48. The first kappa shape index (κ1) is 19.6. The van der Waals surface area contributed by atoms with Crippen LogP contribution in [0.2, 0.25) is 5.02 Å². The highest BCUT2D eigenvalue weighted by Crippen LogP contribution is 2.42. The van der Waals surface area contributed by atoms with Gasteiger partial charge in [-0.25, -0.2) is 8.78 Å². The van der Waals surface area contributed by atoms with Crippen molar-refractivity contribution < 1.29 is 18.7 Å². The first-order valence-electron chi connectivity index (χ1n) is 8.83. The molecule has 0 aliphatic carbocycles. The summed E-state index contributed by atoms with van der Waals surface area (Å²) < 4.78 is 33.7. The zero-order valence-corrected chi connectivity index (χ0v) is 16.7. The summed E-state index contributed by atoms with van der Waals surface area (Å²) >= 11 is 7.45. The average molecular weight is 436 g/mol. The Morgan fingerprint density at radius 1 is 1.24 bits per heavy atom. The summed E-state index contributed by atoms with van der Waals surface area (Å²) in [6.45, 7) is 5.68. The Morgan fingerprint density at radius 2 is 1.97 bits per heavy atom. The summed E-state index contributed by atoms with van der Waals surface area (Å²) in [4.78, 5) is 15.5. The number of nitrogens with zero attached hydrogens (tertiary/aromatic N) is 3. The van der Waals surface area contributed by atoms with Crippen LogP contribution < -0.4 is 4.90 Å². The molecule has 1 saturated heterocycles. The lowest BCUT2D eigenvalue weighted by Gasteiger charge is -2.34. The Morgan fingerprint density at radius 3 is 2.66 bits per heavy atom. The minimum absolute atomic E-state index is 0.0291. The van der Waals surface area contributed by atoms with Crippen LogP contribution in [0, 0.1) is 11.6 Å². The maximum Gasteiger partial charge on any atom is 0.246 e. The zero-order valence-electron chi connectivity index (χ0n) is 15.2. The van der Waals surface area contributed by atoms with Crippen LogP contribution in [0.1, 0.15) is 0 Å².